The maximum atomic E-state index is 11.3. The minimum absolute atomic E-state index is 0.217. The molecule has 1 aliphatic heterocycles. The molecule has 0 spiro atoms. The lowest BCUT2D eigenvalue weighted by atomic mass is 10.1. The average molecular weight is 181 g/mol. The van der Waals surface area contributed by atoms with Crippen molar-refractivity contribution in [1.82, 2.24) is 5.06 Å². The average Bonchev–Trinajstić information content (AvgIpc) is 2.48. The van der Waals surface area contributed by atoms with Crippen LogP contribution in [0.4, 0.5) is 0 Å². The minimum Gasteiger partial charge on any atom is -0.333 e. The Bertz CT molecular complexity index is 260. The molecule has 0 aliphatic carbocycles. The Labute approximate surface area is 76.4 Å². The molecule has 1 amide bonds. The molecule has 1 aliphatic rings. The summed E-state index contributed by atoms with van der Waals surface area (Å²) in [5.74, 6) is -1.05. The summed E-state index contributed by atoms with van der Waals surface area (Å²) in [6, 6.07) is 0. The van der Waals surface area contributed by atoms with Gasteiger partial charge < -0.3 is 4.84 Å². The standard InChI is InChI=1S/C9H11NO3/c1-3-7-5-6-10(9(7)12)13-8(11)4-2/h3-4,7H,1-2,5-6H2. The highest BCUT2D eigenvalue weighted by Crippen LogP contribution is 2.18. The van der Waals surface area contributed by atoms with Crippen LogP contribution in [0, 0.1) is 5.92 Å². The minimum atomic E-state index is -0.613. The van der Waals surface area contributed by atoms with Gasteiger partial charge in [0.25, 0.3) is 5.91 Å². The van der Waals surface area contributed by atoms with E-state index in [-0.39, 0.29) is 11.8 Å². The topological polar surface area (TPSA) is 46.6 Å². The van der Waals surface area contributed by atoms with Crippen LogP contribution in [0.15, 0.2) is 25.3 Å². The second-order valence-electron chi connectivity index (χ2n) is 2.69. The molecule has 1 fully saturated rings. The Balaban J connectivity index is 2.55. The molecule has 1 atom stereocenters. The Hall–Kier alpha value is -1.58. The lowest BCUT2D eigenvalue weighted by Gasteiger charge is -2.13. The fourth-order valence-electron chi connectivity index (χ4n) is 1.13. The lowest BCUT2D eigenvalue weighted by molar-refractivity contribution is -0.188. The number of rotatable bonds is 3. The smallest absolute Gasteiger partial charge is 0.333 e. The van der Waals surface area contributed by atoms with Crippen molar-refractivity contribution in [3.8, 4) is 0 Å². The molecule has 1 saturated heterocycles. The van der Waals surface area contributed by atoms with Crippen molar-refractivity contribution in [3.63, 3.8) is 0 Å². The molecule has 70 valence electrons. The predicted molar refractivity (Wildman–Crippen MR) is 46.3 cm³/mol. The summed E-state index contributed by atoms with van der Waals surface area (Å²) < 4.78 is 0. The van der Waals surface area contributed by atoms with E-state index in [9.17, 15) is 9.59 Å². The van der Waals surface area contributed by atoms with Crippen LogP contribution in [-0.4, -0.2) is 23.5 Å². The molecule has 13 heavy (non-hydrogen) atoms. The van der Waals surface area contributed by atoms with Crippen molar-refractivity contribution < 1.29 is 14.4 Å². The largest absolute Gasteiger partial charge is 0.355 e. The van der Waals surface area contributed by atoms with Gasteiger partial charge in [-0.1, -0.05) is 12.7 Å². The van der Waals surface area contributed by atoms with Gasteiger partial charge >= 0.3 is 5.97 Å². The summed E-state index contributed by atoms with van der Waals surface area (Å²) in [6.07, 6.45) is 3.23. The summed E-state index contributed by atoms with van der Waals surface area (Å²) in [5, 5.41) is 1.05. The highest BCUT2D eigenvalue weighted by Gasteiger charge is 2.31. The van der Waals surface area contributed by atoms with E-state index in [1.165, 1.54) is 0 Å². The van der Waals surface area contributed by atoms with Crippen LogP contribution in [0.25, 0.3) is 0 Å². The first-order chi connectivity index (χ1) is 6.19. The van der Waals surface area contributed by atoms with Gasteiger partial charge in [-0.05, 0) is 6.42 Å². The van der Waals surface area contributed by atoms with Crippen molar-refractivity contribution >= 4 is 11.9 Å². The van der Waals surface area contributed by atoms with Crippen molar-refractivity contribution in [3.05, 3.63) is 25.3 Å². The zero-order chi connectivity index (χ0) is 9.84. The number of nitrogens with zero attached hydrogens (tertiary/aromatic N) is 1. The van der Waals surface area contributed by atoms with Crippen LogP contribution in [0.3, 0.4) is 0 Å². The monoisotopic (exact) mass is 181 g/mol. The van der Waals surface area contributed by atoms with Gasteiger partial charge in [-0.25, -0.2) is 4.79 Å². The van der Waals surface area contributed by atoms with Gasteiger partial charge in [-0.2, -0.15) is 5.06 Å². The molecule has 0 saturated carbocycles. The van der Waals surface area contributed by atoms with Crippen LogP contribution >= 0.6 is 0 Å². The molecule has 1 rings (SSSR count). The summed E-state index contributed by atoms with van der Waals surface area (Å²) >= 11 is 0. The summed E-state index contributed by atoms with van der Waals surface area (Å²) in [4.78, 5) is 26.8. The highest BCUT2D eigenvalue weighted by atomic mass is 16.7. The fraction of sp³-hybridized carbons (Fsp3) is 0.333. The molecule has 0 radical (unpaired) electrons. The second kappa shape index (κ2) is 3.89. The van der Waals surface area contributed by atoms with Gasteiger partial charge in [-0.15, -0.1) is 6.58 Å². The first-order valence-electron chi connectivity index (χ1n) is 3.97. The van der Waals surface area contributed by atoms with Crippen molar-refractivity contribution in [2.24, 2.45) is 5.92 Å². The predicted octanol–water partition coefficient (Wildman–Crippen LogP) is 0.665. The molecular weight excluding hydrogens is 170 g/mol. The van der Waals surface area contributed by atoms with Gasteiger partial charge in [0.05, 0.1) is 12.5 Å². The molecule has 4 nitrogen and oxygen atoms in total. The third-order valence-electron chi connectivity index (χ3n) is 1.86. The van der Waals surface area contributed by atoms with Crippen LogP contribution in [0.1, 0.15) is 6.42 Å². The second-order valence-corrected chi connectivity index (χ2v) is 2.69. The first kappa shape index (κ1) is 9.51. The maximum absolute atomic E-state index is 11.3. The van der Waals surface area contributed by atoms with Crippen LogP contribution in [0.2, 0.25) is 0 Å². The highest BCUT2D eigenvalue weighted by molar-refractivity contribution is 5.86. The van der Waals surface area contributed by atoms with E-state index in [0.29, 0.717) is 13.0 Å². The molecule has 0 aromatic rings. The summed E-state index contributed by atoms with van der Waals surface area (Å²) in [6.45, 7) is 7.18. The van der Waals surface area contributed by atoms with Gasteiger partial charge in [0, 0.05) is 6.08 Å². The molecule has 0 aromatic heterocycles. The van der Waals surface area contributed by atoms with E-state index < -0.39 is 5.97 Å². The lowest BCUT2D eigenvalue weighted by Crippen LogP contribution is -2.29. The third kappa shape index (κ3) is 1.96. The Kier molecular flexibility index (Phi) is 2.84. The van der Waals surface area contributed by atoms with Crippen molar-refractivity contribution in [2.75, 3.05) is 6.54 Å². The molecule has 0 aromatic carbocycles. The van der Waals surface area contributed by atoms with Crippen LogP contribution in [0.5, 0.6) is 0 Å². The van der Waals surface area contributed by atoms with Crippen molar-refractivity contribution in [2.45, 2.75) is 6.42 Å². The third-order valence-corrected chi connectivity index (χ3v) is 1.86. The summed E-state index contributed by atoms with van der Waals surface area (Å²) in [7, 11) is 0. The van der Waals surface area contributed by atoms with Crippen molar-refractivity contribution in [1.29, 1.82) is 0 Å². The van der Waals surface area contributed by atoms with E-state index in [0.717, 1.165) is 11.1 Å². The van der Waals surface area contributed by atoms with E-state index >= 15 is 0 Å². The molecule has 1 heterocycles. The Morgan fingerprint density at radius 2 is 2.31 bits per heavy atom. The van der Waals surface area contributed by atoms with Gasteiger partial charge in [0.1, 0.15) is 0 Å². The number of hydroxylamine groups is 2. The molecule has 4 heteroatoms. The number of hydrogen-bond donors (Lipinski definition) is 0. The Morgan fingerprint density at radius 3 is 2.77 bits per heavy atom. The van der Waals surface area contributed by atoms with Gasteiger partial charge in [0.15, 0.2) is 0 Å². The molecule has 0 bridgehead atoms. The zero-order valence-electron chi connectivity index (χ0n) is 7.23. The SMILES string of the molecule is C=CC(=O)ON1CCC(C=C)C1=O. The number of carbonyl (C=O) groups excluding carboxylic acids is 2. The Morgan fingerprint density at radius 1 is 1.62 bits per heavy atom. The zero-order valence-corrected chi connectivity index (χ0v) is 7.23. The van der Waals surface area contributed by atoms with E-state index in [4.69, 9.17) is 0 Å². The van der Waals surface area contributed by atoms with Crippen LogP contribution in [-0.2, 0) is 14.4 Å². The normalized spacial score (nSPS) is 21.4. The van der Waals surface area contributed by atoms with E-state index in [1.54, 1.807) is 6.08 Å². The number of hydrogen-bond acceptors (Lipinski definition) is 3. The first-order valence-corrected chi connectivity index (χ1v) is 3.97. The van der Waals surface area contributed by atoms with E-state index in [1.807, 2.05) is 0 Å². The number of amides is 1. The van der Waals surface area contributed by atoms with Gasteiger partial charge in [0.2, 0.25) is 0 Å². The molecule has 0 N–H and O–H groups in total. The molecule has 1 unspecified atom stereocenters. The quantitative estimate of drug-likeness (QED) is 0.474. The summed E-state index contributed by atoms with van der Waals surface area (Å²) in [5.41, 5.74) is 0. The number of carbonyl (C=O) groups is 2. The van der Waals surface area contributed by atoms with E-state index in [2.05, 4.69) is 18.0 Å². The maximum Gasteiger partial charge on any atom is 0.355 e. The van der Waals surface area contributed by atoms with Gasteiger partial charge in [-0.3, -0.25) is 4.79 Å². The fourth-order valence-corrected chi connectivity index (χ4v) is 1.13. The van der Waals surface area contributed by atoms with Crippen LogP contribution < -0.4 is 0 Å². The molecular formula is C9H11NO3.